The number of benzene rings is 1. The van der Waals surface area contributed by atoms with Gasteiger partial charge in [0.15, 0.2) is 5.76 Å². The standard InChI is InChI=1S/C21H24N2O5/c1-4-26-21(27-5-2)18-10-14-12-22-13-15(20(14)28-18)11-19(24)23-16-8-6-7-9-17(16)25-3/h6-10,12-13,21H,4-5,11H2,1-3H3,(H,23,24). The summed E-state index contributed by atoms with van der Waals surface area (Å²) in [5.74, 6) is 0.963. The highest BCUT2D eigenvalue weighted by Gasteiger charge is 2.19. The van der Waals surface area contributed by atoms with Crippen LogP contribution in [0.15, 0.2) is 47.1 Å². The Morgan fingerprint density at radius 1 is 1.18 bits per heavy atom. The fourth-order valence-corrected chi connectivity index (χ4v) is 2.91. The lowest BCUT2D eigenvalue weighted by Gasteiger charge is -2.13. The summed E-state index contributed by atoms with van der Waals surface area (Å²) >= 11 is 0. The summed E-state index contributed by atoms with van der Waals surface area (Å²) < 4.78 is 22.4. The number of carbonyl (C=O) groups is 1. The fraction of sp³-hybridized carbons (Fsp3) is 0.333. The number of rotatable bonds is 9. The number of hydrogen-bond acceptors (Lipinski definition) is 6. The predicted octanol–water partition coefficient (Wildman–Crippen LogP) is 4.09. The summed E-state index contributed by atoms with van der Waals surface area (Å²) in [5.41, 5.74) is 1.90. The third-order valence-electron chi connectivity index (χ3n) is 4.12. The number of hydrogen-bond donors (Lipinski definition) is 1. The molecule has 3 rings (SSSR count). The first-order valence-corrected chi connectivity index (χ1v) is 9.18. The number of para-hydroxylation sites is 2. The second-order valence-electron chi connectivity index (χ2n) is 6.03. The molecule has 0 saturated carbocycles. The predicted molar refractivity (Wildman–Crippen MR) is 105 cm³/mol. The number of amides is 1. The zero-order valence-corrected chi connectivity index (χ0v) is 16.2. The Morgan fingerprint density at radius 2 is 1.93 bits per heavy atom. The van der Waals surface area contributed by atoms with Crippen molar-refractivity contribution in [3.05, 3.63) is 54.0 Å². The van der Waals surface area contributed by atoms with Crippen LogP contribution in [0, 0.1) is 0 Å². The van der Waals surface area contributed by atoms with Crippen molar-refractivity contribution in [1.82, 2.24) is 4.98 Å². The zero-order chi connectivity index (χ0) is 19.9. The maximum atomic E-state index is 12.6. The van der Waals surface area contributed by atoms with Crippen molar-refractivity contribution < 1.29 is 23.4 Å². The fourth-order valence-electron chi connectivity index (χ4n) is 2.91. The lowest BCUT2D eigenvalue weighted by atomic mass is 10.1. The minimum atomic E-state index is -0.586. The topological polar surface area (TPSA) is 82.8 Å². The Hall–Kier alpha value is -2.90. The molecule has 0 aliphatic rings. The van der Waals surface area contributed by atoms with Crippen molar-refractivity contribution in [2.24, 2.45) is 0 Å². The number of ether oxygens (including phenoxy) is 3. The molecule has 0 bridgehead atoms. The second kappa shape index (κ2) is 9.34. The van der Waals surface area contributed by atoms with Crippen LogP contribution in [0.5, 0.6) is 5.75 Å². The summed E-state index contributed by atoms with van der Waals surface area (Å²) in [6.07, 6.45) is 2.85. The van der Waals surface area contributed by atoms with Crippen LogP contribution in [-0.2, 0) is 20.7 Å². The molecule has 0 fully saturated rings. The van der Waals surface area contributed by atoms with Gasteiger partial charge in [0.25, 0.3) is 0 Å². The van der Waals surface area contributed by atoms with Crippen LogP contribution in [0.25, 0.3) is 11.0 Å². The lowest BCUT2D eigenvalue weighted by Crippen LogP contribution is -2.15. The minimum Gasteiger partial charge on any atom is -0.495 e. The smallest absolute Gasteiger partial charge is 0.229 e. The van der Waals surface area contributed by atoms with Gasteiger partial charge in [0.1, 0.15) is 11.3 Å². The average molecular weight is 384 g/mol. The maximum Gasteiger partial charge on any atom is 0.229 e. The van der Waals surface area contributed by atoms with Gasteiger partial charge in [0.05, 0.1) is 19.2 Å². The molecule has 0 radical (unpaired) electrons. The monoisotopic (exact) mass is 384 g/mol. The number of methoxy groups -OCH3 is 1. The highest BCUT2D eigenvalue weighted by atomic mass is 16.7. The second-order valence-corrected chi connectivity index (χ2v) is 6.03. The number of pyridine rings is 1. The Bertz CT molecular complexity index is 931. The number of nitrogens with zero attached hydrogens (tertiary/aromatic N) is 1. The Kier molecular flexibility index (Phi) is 6.62. The molecule has 0 saturated heterocycles. The van der Waals surface area contributed by atoms with E-state index in [1.165, 1.54) is 0 Å². The summed E-state index contributed by atoms with van der Waals surface area (Å²) in [7, 11) is 1.56. The first-order valence-electron chi connectivity index (χ1n) is 9.18. The van der Waals surface area contributed by atoms with Gasteiger partial charge in [-0.15, -0.1) is 0 Å². The molecule has 0 aliphatic heterocycles. The van der Waals surface area contributed by atoms with E-state index < -0.39 is 6.29 Å². The van der Waals surface area contributed by atoms with Gasteiger partial charge in [0, 0.05) is 36.6 Å². The molecule has 2 heterocycles. The molecule has 148 valence electrons. The molecule has 28 heavy (non-hydrogen) atoms. The molecule has 0 aliphatic carbocycles. The Labute approximate surface area is 163 Å². The molecule has 0 unspecified atom stereocenters. The van der Waals surface area contributed by atoms with Gasteiger partial charge in [-0.05, 0) is 32.0 Å². The minimum absolute atomic E-state index is 0.114. The van der Waals surface area contributed by atoms with E-state index in [2.05, 4.69) is 10.3 Å². The largest absolute Gasteiger partial charge is 0.495 e. The van der Waals surface area contributed by atoms with Crippen molar-refractivity contribution in [1.29, 1.82) is 0 Å². The number of nitrogens with one attached hydrogen (secondary N) is 1. The molecule has 7 heteroatoms. The van der Waals surface area contributed by atoms with E-state index in [0.717, 1.165) is 5.39 Å². The van der Waals surface area contributed by atoms with Crippen molar-refractivity contribution in [3.8, 4) is 5.75 Å². The van der Waals surface area contributed by atoms with Crippen LogP contribution in [0.2, 0.25) is 0 Å². The third kappa shape index (κ3) is 4.49. The van der Waals surface area contributed by atoms with Gasteiger partial charge < -0.3 is 23.9 Å². The number of aromatic nitrogens is 1. The maximum absolute atomic E-state index is 12.6. The van der Waals surface area contributed by atoms with Crippen molar-refractivity contribution in [2.45, 2.75) is 26.6 Å². The number of carbonyl (C=O) groups excluding carboxylic acids is 1. The van der Waals surface area contributed by atoms with E-state index in [9.17, 15) is 4.79 Å². The number of fused-ring (bicyclic) bond motifs is 1. The first-order chi connectivity index (χ1) is 13.7. The Morgan fingerprint density at radius 3 is 2.64 bits per heavy atom. The molecule has 2 aromatic heterocycles. The lowest BCUT2D eigenvalue weighted by molar-refractivity contribution is -0.150. The molecule has 3 aromatic rings. The average Bonchev–Trinajstić information content (AvgIpc) is 3.13. The van der Waals surface area contributed by atoms with Gasteiger partial charge in [-0.1, -0.05) is 12.1 Å². The zero-order valence-electron chi connectivity index (χ0n) is 16.2. The first kappa shape index (κ1) is 19.9. The molecular weight excluding hydrogens is 360 g/mol. The molecule has 1 aromatic carbocycles. The van der Waals surface area contributed by atoms with Crippen molar-refractivity contribution in [3.63, 3.8) is 0 Å². The van der Waals surface area contributed by atoms with Crippen LogP contribution in [0.3, 0.4) is 0 Å². The van der Waals surface area contributed by atoms with Crippen LogP contribution in [0.4, 0.5) is 5.69 Å². The Balaban J connectivity index is 1.82. The van der Waals surface area contributed by atoms with E-state index in [1.54, 1.807) is 31.6 Å². The van der Waals surface area contributed by atoms with Crippen molar-refractivity contribution in [2.75, 3.05) is 25.6 Å². The number of anilines is 1. The quantitative estimate of drug-likeness (QED) is 0.560. The third-order valence-corrected chi connectivity index (χ3v) is 4.12. The summed E-state index contributed by atoms with van der Waals surface area (Å²) in [5, 5.41) is 3.66. The van der Waals surface area contributed by atoms with Gasteiger partial charge in [-0.2, -0.15) is 0 Å². The summed E-state index contributed by atoms with van der Waals surface area (Å²) in [4.78, 5) is 16.8. The van der Waals surface area contributed by atoms with Crippen LogP contribution in [0.1, 0.15) is 31.5 Å². The van der Waals surface area contributed by atoms with E-state index in [-0.39, 0.29) is 12.3 Å². The normalized spacial score (nSPS) is 11.1. The van der Waals surface area contributed by atoms with Gasteiger partial charge >= 0.3 is 0 Å². The van der Waals surface area contributed by atoms with Gasteiger partial charge in [-0.25, -0.2) is 0 Å². The van der Waals surface area contributed by atoms with Gasteiger partial charge in [0.2, 0.25) is 12.2 Å². The highest BCUT2D eigenvalue weighted by molar-refractivity contribution is 5.95. The molecular formula is C21H24N2O5. The van der Waals surface area contributed by atoms with Crippen molar-refractivity contribution >= 4 is 22.6 Å². The number of furan rings is 1. The molecule has 7 nitrogen and oxygen atoms in total. The molecule has 0 atom stereocenters. The van der Waals surface area contributed by atoms with Crippen LogP contribution in [-0.4, -0.2) is 31.2 Å². The summed E-state index contributed by atoms with van der Waals surface area (Å²) in [6, 6.07) is 9.09. The van der Waals surface area contributed by atoms with E-state index >= 15 is 0 Å². The molecule has 1 N–H and O–H groups in total. The van der Waals surface area contributed by atoms with E-state index in [0.29, 0.717) is 41.6 Å². The SMILES string of the molecule is CCOC(OCC)c1cc2cncc(CC(=O)Nc3ccccc3OC)c2o1. The molecule has 1 amide bonds. The highest BCUT2D eigenvalue weighted by Crippen LogP contribution is 2.29. The molecule has 0 spiro atoms. The van der Waals surface area contributed by atoms with Gasteiger partial charge in [-0.3, -0.25) is 9.78 Å². The van der Waals surface area contributed by atoms with Crippen LogP contribution < -0.4 is 10.1 Å². The van der Waals surface area contributed by atoms with Crippen LogP contribution >= 0.6 is 0 Å². The van der Waals surface area contributed by atoms with E-state index in [4.69, 9.17) is 18.6 Å². The summed E-state index contributed by atoms with van der Waals surface area (Å²) in [6.45, 7) is 4.77. The van der Waals surface area contributed by atoms with E-state index in [1.807, 2.05) is 32.0 Å².